The Morgan fingerprint density at radius 2 is 1.70 bits per heavy atom. The summed E-state index contributed by atoms with van der Waals surface area (Å²) in [6.45, 7) is 2.14. The van der Waals surface area contributed by atoms with E-state index < -0.39 is 0 Å². The molecule has 0 fully saturated rings. The maximum Gasteiger partial charge on any atom is 0.306 e. The van der Waals surface area contributed by atoms with Crippen LogP contribution in [0.3, 0.4) is 0 Å². The monoisotopic (exact) mass is 366 g/mol. The molecule has 1 atom stereocenters. The fourth-order valence-electron chi connectivity index (χ4n) is 2.96. The van der Waals surface area contributed by atoms with Crippen molar-refractivity contribution >= 4 is 17.6 Å². The quantitative estimate of drug-likeness (QED) is 0.309. The molecule has 6 heteroatoms. The van der Waals surface area contributed by atoms with Crippen molar-refractivity contribution in [2.45, 2.75) is 32.1 Å². The SMILES string of the molecule is CCOC(=O)C[C@H](CCc1ccc(C(=N)N)cc1)c1cccc(C(=N)N)c1. The molecule has 27 heavy (non-hydrogen) atoms. The van der Waals surface area contributed by atoms with Crippen LogP contribution < -0.4 is 11.5 Å². The summed E-state index contributed by atoms with van der Waals surface area (Å²) in [5.41, 5.74) is 14.5. The molecular weight excluding hydrogens is 340 g/mol. The van der Waals surface area contributed by atoms with Gasteiger partial charge in [0.25, 0.3) is 0 Å². The van der Waals surface area contributed by atoms with Crippen LogP contribution in [0.15, 0.2) is 48.5 Å². The third-order valence-corrected chi connectivity index (χ3v) is 4.43. The largest absolute Gasteiger partial charge is 0.466 e. The number of nitrogens with one attached hydrogen (secondary N) is 2. The Balaban J connectivity index is 2.16. The first kappa shape index (κ1) is 20.2. The molecule has 0 aliphatic carbocycles. The van der Waals surface area contributed by atoms with Gasteiger partial charge in [-0.2, -0.15) is 0 Å². The van der Waals surface area contributed by atoms with Gasteiger partial charge in [0, 0.05) is 11.1 Å². The van der Waals surface area contributed by atoms with E-state index in [1.165, 1.54) is 0 Å². The van der Waals surface area contributed by atoms with Crippen molar-refractivity contribution in [2.24, 2.45) is 11.5 Å². The smallest absolute Gasteiger partial charge is 0.306 e. The Labute approximate surface area is 159 Å². The number of hydrogen-bond donors (Lipinski definition) is 4. The van der Waals surface area contributed by atoms with Crippen LogP contribution in [-0.2, 0) is 16.0 Å². The Hall–Kier alpha value is -3.15. The van der Waals surface area contributed by atoms with Gasteiger partial charge in [-0.3, -0.25) is 15.6 Å². The van der Waals surface area contributed by atoms with Crippen LogP contribution in [0.2, 0.25) is 0 Å². The van der Waals surface area contributed by atoms with Crippen LogP contribution in [0.4, 0.5) is 0 Å². The number of aryl methyl sites for hydroxylation is 1. The Bertz CT molecular complexity index is 815. The summed E-state index contributed by atoms with van der Waals surface area (Å²) in [4.78, 5) is 12.0. The molecule has 142 valence electrons. The van der Waals surface area contributed by atoms with Crippen LogP contribution >= 0.6 is 0 Å². The van der Waals surface area contributed by atoms with Crippen LogP contribution in [0.25, 0.3) is 0 Å². The number of esters is 1. The highest BCUT2D eigenvalue weighted by Gasteiger charge is 2.18. The van der Waals surface area contributed by atoms with E-state index in [-0.39, 0.29) is 30.0 Å². The number of nitrogen functional groups attached to an aromatic ring is 2. The van der Waals surface area contributed by atoms with E-state index >= 15 is 0 Å². The zero-order valence-electron chi connectivity index (χ0n) is 15.5. The van der Waals surface area contributed by atoms with Crippen molar-refractivity contribution < 1.29 is 9.53 Å². The van der Waals surface area contributed by atoms with Crippen molar-refractivity contribution in [2.75, 3.05) is 6.61 Å². The number of hydrogen-bond acceptors (Lipinski definition) is 4. The average Bonchev–Trinajstić information content (AvgIpc) is 2.65. The number of carbonyl (C=O) groups excluding carboxylic acids is 1. The second-order valence-corrected chi connectivity index (χ2v) is 6.39. The molecule has 0 amide bonds. The van der Waals surface area contributed by atoms with Crippen molar-refractivity contribution in [3.63, 3.8) is 0 Å². The summed E-state index contributed by atoms with van der Waals surface area (Å²) in [6.07, 6.45) is 1.80. The number of ether oxygens (including phenoxy) is 1. The number of rotatable bonds is 9. The van der Waals surface area contributed by atoms with E-state index in [0.717, 1.165) is 24.0 Å². The van der Waals surface area contributed by atoms with E-state index in [0.29, 0.717) is 17.7 Å². The van der Waals surface area contributed by atoms with Crippen molar-refractivity contribution in [1.29, 1.82) is 10.8 Å². The third-order valence-electron chi connectivity index (χ3n) is 4.43. The minimum atomic E-state index is -0.234. The molecular formula is C21H26N4O2. The van der Waals surface area contributed by atoms with Crippen LogP contribution in [0, 0.1) is 10.8 Å². The highest BCUT2D eigenvalue weighted by atomic mass is 16.5. The molecule has 0 radical (unpaired) electrons. The minimum absolute atomic E-state index is 0.00607. The first-order valence-corrected chi connectivity index (χ1v) is 8.94. The van der Waals surface area contributed by atoms with Gasteiger partial charge in [-0.15, -0.1) is 0 Å². The van der Waals surface area contributed by atoms with Gasteiger partial charge in [0.15, 0.2) is 0 Å². The lowest BCUT2D eigenvalue weighted by atomic mass is 9.88. The van der Waals surface area contributed by atoms with Crippen molar-refractivity contribution in [3.8, 4) is 0 Å². The summed E-state index contributed by atoms with van der Waals surface area (Å²) < 4.78 is 5.12. The molecule has 0 saturated carbocycles. The Kier molecular flexibility index (Phi) is 7.11. The molecule has 6 nitrogen and oxygen atoms in total. The summed E-state index contributed by atoms with van der Waals surface area (Å²) in [6, 6.07) is 15.0. The number of nitrogens with two attached hydrogens (primary N) is 2. The topological polar surface area (TPSA) is 126 Å². The molecule has 2 rings (SSSR count). The van der Waals surface area contributed by atoms with Crippen LogP contribution in [-0.4, -0.2) is 24.2 Å². The second kappa shape index (κ2) is 9.52. The van der Waals surface area contributed by atoms with E-state index in [2.05, 4.69) is 0 Å². The molecule has 0 aliphatic heterocycles. The second-order valence-electron chi connectivity index (χ2n) is 6.39. The summed E-state index contributed by atoms with van der Waals surface area (Å²) in [5, 5.41) is 15.1. The highest BCUT2D eigenvalue weighted by Crippen LogP contribution is 2.27. The molecule has 6 N–H and O–H groups in total. The molecule has 2 aromatic rings. The van der Waals surface area contributed by atoms with Crippen molar-refractivity contribution in [1.82, 2.24) is 0 Å². The summed E-state index contributed by atoms with van der Waals surface area (Å²) in [7, 11) is 0. The summed E-state index contributed by atoms with van der Waals surface area (Å²) >= 11 is 0. The lowest BCUT2D eigenvalue weighted by Crippen LogP contribution is -2.14. The Morgan fingerprint density at radius 1 is 1.04 bits per heavy atom. The zero-order chi connectivity index (χ0) is 19.8. The molecule has 0 spiro atoms. The van der Waals surface area contributed by atoms with Crippen LogP contribution in [0.1, 0.15) is 47.9 Å². The maximum absolute atomic E-state index is 12.0. The normalized spacial score (nSPS) is 11.6. The molecule has 0 aliphatic rings. The fraction of sp³-hybridized carbons (Fsp3) is 0.286. The molecule has 0 aromatic heterocycles. The van der Waals surface area contributed by atoms with Gasteiger partial charge in [-0.05, 0) is 42.9 Å². The lowest BCUT2D eigenvalue weighted by molar-refractivity contribution is -0.143. The molecule has 0 unspecified atom stereocenters. The Morgan fingerprint density at radius 3 is 2.30 bits per heavy atom. The van der Waals surface area contributed by atoms with Gasteiger partial charge in [-0.1, -0.05) is 42.5 Å². The van der Waals surface area contributed by atoms with Gasteiger partial charge >= 0.3 is 5.97 Å². The predicted octanol–water partition coefficient (Wildman–Crippen LogP) is 2.92. The molecule has 2 aromatic carbocycles. The highest BCUT2D eigenvalue weighted by molar-refractivity contribution is 5.95. The van der Waals surface area contributed by atoms with E-state index in [4.69, 9.17) is 27.0 Å². The standard InChI is InChI=1S/C21H26N4O2/c1-2-27-19(26)13-17(16-4-3-5-18(12-16)21(24)25)11-8-14-6-9-15(10-7-14)20(22)23/h3-7,9-10,12,17H,2,8,11,13H2,1H3,(H3,22,23)(H3,24,25)/t17-/m0/s1. The van der Waals surface area contributed by atoms with Gasteiger partial charge in [-0.25, -0.2) is 0 Å². The van der Waals surface area contributed by atoms with Gasteiger partial charge in [0.2, 0.25) is 0 Å². The van der Waals surface area contributed by atoms with Crippen molar-refractivity contribution in [3.05, 3.63) is 70.8 Å². The number of carbonyl (C=O) groups is 1. The molecule has 0 heterocycles. The average molecular weight is 366 g/mol. The minimum Gasteiger partial charge on any atom is -0.466 e. The van der Waals surface area contributed by atoms with Gasteiger partial charge in [0.05, 0.1) is 13.0 Å². The van der Waals surface area contributed by atoms with E-state index in [1.54, 1.807) is 13.0 Å². The summed E-state index contributed by atoms with van der Waals surface area (Å²) in [5.74, 6) is -0.215. The van der Waals surface area contributed by atoms with E-state index in [1.807, 2.05) is 42.5 Å². The maximum atomic E-state index is 12.0. The van der Waals surface area contributed by atoms with Gasteiger partial charge < -0.3 is 16.2 Å². The first-order valence-electron chi connectivity index (χ1n) is 8.94. The van der Waals surface area contributed by atoms with Crippen LogP contribution in [0.5, 0.6) is 0 Å². The number of amidine groups is 2. The first-order chi connectivity index (χ1) is 12.9. The zero-order valence-corrected chi connectivity index (χ0v) is 15.5. The third kappa shape index (κ3) is 5.95. The van der Waals surface area contributed by atoms with Gasteiger partial charge in [0.1, 0.15) is 11.7 Å². The molecule has 0 saturated heterocycles. The number of benzene rings is 2. The predicted molar refractivity (Wildman–Crippen MR) is 107 cm³/mol. The van der Waals surface area contributed by atoms with E-state index in [9.17, 15) is 4.79 Å². The lowest BCUT2D eigenvalue weighted by Gasteiger charge is -2.18. The molecule has 0 bridgehead atoms. The fourth-order valence-corrected chi connectivity index (χ4v) is 2.96.